The molecule has 0 bridgehead atoms. The van der Waals surface area contributed by atoms with Crippen molar-refractivity contribution in [3.05, 3.63) is 23.4 Å². The first kappa shape index (κ1) is 16.2. The van der Waals surface area contributed by atoms with Crippen molar-refractivity contribution >= 4 is 15.8 Å². The fraction of sp³-hybridized carbons (Fsp3) is 0.400. The van der Waals surface area contributed by atoms with Crippen molar-refractivity contribution in [2.45, 2.75) is 6.18 Å². The summed E-state index contributed by atoms with van der Waals surface area (Å²) in [5.41, 5.74) is -1.25. The number of nitriles is 1. The van der Waals surface area contributed by atoms with Crippen molar-refractivity contribution in [2.75, 3.05) is 24.7 Å². The van der Waals surface area contributed by atoms with E-state index in [0.29, 0.717) is 6.07 Å². The molecule has 0 aliphatic rings. The zero-order chi connectivity index (χ0) is 15.4. The lowest BCUT2D eigenvalue weighted by molar-refractivity contribution is -0.141. The Hall–Kier alpha value is -1.86. The van der Waals surface area contributed by atoms with E-state index in [9.17, 15) is 21.6 Å². The average Bonchev–Trinajstić information content (AvgIpc) is 2.37. The molecule has 0 amide bonds. The van der Waals surface area contributed by atoms with Crippen LogP contribution in [0.15, 0.2) is 12.1 Å². The van der Waals surface area contributed by atoms with Gasteiger partial charge >= 0.3 is 6.18 Å². The molecule has 0 atom stereocenters. The number of hydrogen-bond acceptors (Lipinski definition) is 5. The molecule has 0 radical (unpaired) electrons. The molecule has 0 aliphatic heterocycles. The molecule has 0 aliphatic carbocycles. The van der Waals surface area contributed by atoms with E-state index in [1.54, 1.807) is 6.07 Å². The summed E-state index contributed by atoms with van der Waals surface area (Å²) in [6.07, 6.45) is -4.64. The zero-order valence-electron chi connectivity index (χ0n) is 10.3. The van der Waals surface area contributed by atoms with Gasteiger partial charge in [-0.3, -0.25) is 0 Å². The van der Waals surface area contributed by atoms with Crippen LogP contribution in [-0.2, 0) is 16.2 Å². The maximum atomic E-state index is 12.5. The maximum absolute atomic E-state index is 12.5. The fourth-order valence-corrected chi connectivity index (χ4v) is 1.82. The van der Waals surface area contributed by atoms with Gasteiger partial charge in [0.15, 0.2) is 0 Å². The van der Waals surface area contributed by atoms with Gasteiger partial charge in [-0.25, -0.2) is 18.1 Å². The topological polar surface area (TPSA) is 94.9 Å². The van der Waals surface area contributed by atoms with Crippen molar-refractivity contribution in [1.82, 2.24) is 9.71 Å². The quantitative estimate of drug-likeness (QED) is 0.844. The SMILES string of the molecule is CNS(=O)(=O)CCNc1nc(C(F)(F)F)ccc1C#N. The minimum atomic E-state index is -4.64. The molecule has 6 nitrogen and oxygen atoms in total. The van der Waals surface area contributed by atoms with Gasteiger partial charge in [0, 0.05) is 6.54 Å². The van der Waals surface area contributed by atoms with Crippen molar-refractivity contribution in [1.29, 1.82) is 5.26 Å². The van der Waals surface area contributed by atoms with Crippen LogP contribution in [0.1, 0.15) is 11.3 Å². The van der Waals surface area contributed by atoms with Gasteiger partial charge in [0.25, 0.3) is 0 Å². The number of rotatable bonds is 5. The first-order valence-corrected chi connectivity index (χ1v) is 6.98. The second-order valence-corrected chi connectivity index (χ2v) is 5.70. The lowest BCUT2D eigenvalue weighted by atomic mass is 10.2. The summed E-state index contributed by atoms with van der Waals surface area (Å²) in [5, 5.41) is 11.2. The largest absolute Gasteiger partial charge is 0.433 e. The summed E-state index contributed by atoms with van der Waals surface area (Å²) in [6.45, 7) is -0.174. The number of aromatic nitrogens is 1. The van der Waals surface area contributed by atoms with Gasteiger partial charge in [-0.05, 0) is 19.2 Å². The summed E-state index contributed by atoms with van der Waals surface area (Å²) in [4.78, 5) is 3.29. The van der Waals surface area contributed by atoms with Crippen LogP contribution in [0.4, 0.5) is 19.0 Å². The third-order valence-corrected chi connectivity index (χ3v) is 3.64. The third kappa shape index (κ3) is 4.36. The first-order chi connectivity index (χ1) is 9.19. The Balaban J connectivity index is 2.91. The van der Waals surface area contributed by atoms with Crippen LogP contribution in [0.3, 0.4) is 0 Å². The van der Waals surface area contributed by atoms with Crippen molar-refractivity contribution in [3.63, 3.8) is 0 Å². The molecular weight excluding hydrogens is 297 g/mol. The number of pyridine rings is 1. The molecule has 0 saturated heterocycles. The monoisotopic (exact) mass is 308 g/mol. The predicted molar refractivity (Wildman–Crippen MR) is 65.3 cm³/mol. The van der Waals surface area contributed by atoms with Crippen LogP contribution >= 0.6 is 0 Å². The molecule has 110 valence electrons. The van der Waals surface area contributed by atoms with Crippen LogP contribution < -0.4 is 10.0 Å². The number of alkyl halides is 3. The zero-order valence-corrected chi connectivity index (χ0v) is 11.1. The predicted octanol–water partition coefficient (Wildman–Crippen LogP) is 0.933. The second kappa shape index (κ2) is 6.06. The molecular formula is C10H11F3N4O2S. The first-order valence-electron chi connectivity index (χ1n) is 5.33. The molecule has 1 rings (SSSR count). The van der Waals surface area contributed by atoms with Crippen LogP contribution in [0, 0.1) is 11.3 Å². The second-order valence-electron chi connectivity index (χ2n) is 3.65. The van der Waals surface area contributed by atoms with E-state index in [-0.39, 0.29) is 23.7 Å². The Bertz CT molecular complexity index is 622. The van der Waals surface area contributed by atoms with Crippen LogP contribution in [0.5, 0.6) is 0 Å². The maximum Gasteiger partial charge on any atom is 0.433 e. The van der Waals surface area contributed by atoms with E-state index in [4.69, 9.17) is 5.26 Å². The highest BCUT2D eigenvalue weighted by atomic mass is 32.2. The number of hydrogen-bond donors (Lipinski definition) is 2. The minimum absolute atomic E-state index is 0.0974. The van der Waals surface area contributed by atoms with Gasteiger partial charge in [-0.1, -0.05) is 0 Å². The molecule has 0 saturated carbocycles. The van der Waals surface area contributed by atoms with Crippen LogP contribution in [0.25, 0.3) is 0 Å². The molecule has 0 unspecified atom stereocenters. The Kier molecular flexibility index (Phi) is 4.91. The van der Waals surface area contributed by atoms with Gasteiger partial charge < -0.3 is 5.32 Å². The Morgan fingerprint density at radius 1 is 1.40 bits per heavy atom. The summed E-state index contributed by atoms with van der Waals surface area (Å²) in [6, 6.07) is 3.34. The van der Waals surface area contributed by atoms with Crippen molar-refractivity contribution in [2.24, 2.45) is 0 Å². The lowest BCUT2D eigenvalue weighted by Gasteiger charge is -2.11. The third-order valence-electron chi connectivity index (χ3n) is 2.28. The number of nitrogens with zero attached hydrogens (tertiary/aromatic N) is 2. The molecule has 0 aromatic carbocycles. The van der Waals surface area contributed by atoms with Crippen molar-refractivity contribution in [3.8, 4) is 6.07 Å². The molecule has 1 aromatic heterocycles. The van der Waals surface area contributed by atoms with Crippen LogP contribution in [0.2, 0.25) is 0 Å². The average molecular weight is 308 g/mol. The van der Waals surface area contributed by atoms with E-state index in [0.717, 1.165) is 6.07 Å². The van der Waals surface area contributed by atoms with E-state index in [2.05, 4.69) is 15.0 Å². The van der Waals surface area contributed by atoms with E-state index >= 15 is 0 Å². The van der Waals surface area contributed by atoms with E-state index in [1.807, 2.05) is 0 Å². The standard InChI is InChI=1S/C10H11F3N4O2S/c1-15-20(18,19)5-4-16-9-7(6-14)2-3-8(17-9)10(11,12)13/h2-3,15H,4-5H2,1H3,(H,16,17). The molecule has 1 aromatic rings. The number of nitrogens with one attached hydrogen (secondary N) is 2. The Morgan fingerprint density at radius 2 is 2.05 bits per heavy atom. The van der Waals surface area contributed by atoms with Gasteiger partial charge in [0.2, 0.25) is 10.0 Å². The van der Waals surface area contributed by atoms with Gasteiger partial charge in [0.1, 0.15) is 17.6 Å². The number of anilines is 1. The highest BCUT2D eigenvalue weighted by molar-refractivity contribution is 7.89. The van der Waals surface area contributed by atoms with Gasteiger partial charge in [-0.15, -0.1) is 0 Å². The Morgan fingerprint density at radius 3 is 2.55 bits per heavy atom. The summed E-state index contributed by atoms with van der Waals surface area (Å²) < 4.78 is 61.8. The summed E-state index contributed by atoms with van der Waals surface area (Å²) in [7, 11) is -2.27. The summed E-state index contributed by atoms with van der Waals surface area (Å²) in [5.74, 6) is -0.652. The molecule has 1 heterocycles. The lowest BCUT2D eigenvalue weighted by Crippen LogP contribution is -2.26. The highest BCUT2D eigenvalue weighted by Crippen LogP contribution is 2.29. The molecule has 10 heteroatoms. The van der Waals surface area contributed by atoms with E-state index < -0.39 is 21.9 Å². The summed E-state index contributed by atoms with van der Waals surface area (Å²) >= 11 is 0. The van der Waals surface area contributed by atoms with Crippen LogP contribution in [-0.4, -0.2) is 32.7 Å². The molecule has 2 N–H and O–H groups in total. The highest BCUT2D eigenvalue weighted by Gasteiger charge is 2.33. The minimum Gasteiger partial charge on any atom is -0.368 e. The molecule has 0 spiro atoms. The number of halogens is 3. The normalized spacial score (nSPS) is 11.9. The van der Waals surface area contributed by atoms with Crippen molar-refractivity contribution < 1.29 is 21.6 Å². The smallest absolute Gasteiger partial charge is 0.368 e. The Labute approximate surface area is 113 Å². The van der Waals surface area contributed by atoms with Gasteiger partial charge in [0.05, 0.1) is 11.3 Å². The van der Waals surface area contributed by atoms with E-state index in [1.165, 1.54) is 7.05 Å². The molecule has 0 fully saturated rings. The number of sulfonamides is 1. The fourth-order valence-electron chi connectivity index (χ4n) is 1.25. The molecule has 20 heavy (non-hydrogen) atoms. The van der Waals surface area contributed by atoms with Gasteiger partial charge in [-0.2, -0.15) is 18.4 Å².